The minimum absolute atomic E-state index is 0.550. The highest BCUT2D eigenvalue weighted by molar-refractivity contribution is 5.81. The van der Waals surface area contributed by atoms with E-state index in [1.807, 2.05) is 12.3 Å². The molecule has 2 rings (SSSR count). The first-order valence-corrected chi connectivity index (χ1v) is 6.54. The normalized spacial score (nSPS) is 11.3. The Morgan fingerprint density at radius 1 is 1.11 bits per heavy atom. The molecule has 3 heteroatoms. The van der Waals surface area contributed by atoms with Gasteiger partial charge in [-0.05, 0) is 17.7 Å². The second-order valence-electron chi connectivity index (χ2n) is 4.77. The molecular weight excluding hydrogens is 222 g/mol. The van der Waals surface area contributed by atoms with Crippen LogP contribution in [0.25, 0.3) is 10.9 Å². The average molecular weight is 243 g/mol. The number of nitrogens with zero attached hydrogens (tertiary/aromatic N) is 1. The first-order chi connectivity index (χ1) is 8.77. The second-order valence-corrected chi connectivity index (χ2v) is 4.77. The highest BCUT2D eigenvalue weighted by atomic mass is 15.0. The molecule has 1 heterocycles. The van der Waals surface area contributed by atoms with Gasteiger partial charge in [0.15, 0.2) is 0 Å². The molecule has 0 radical (unpaired) electrons. The number of aromatic nitrogens is 1. The van der Waals surface area contributed by atoms with Crippen LogP contribution in [0.1, 0.15) is 19.4 Å². The third-order valence-electron chi connectivity index (χ3n) is 2.91. The summed E-state index contributed by atoms with van der Waals surface area (Å²) in [5.74, 6) is 0. The van der Waals surface area contributed by atoms with Gasteiger partial charge in [-0.15, -0.1) is 0 Å². The smallest absolute Gasteiger partial charge is 0.0705 e. The van der Waals surface area contributed by atoms with Gasteiger partial charge in [0.25, 0.3) is 0 Å². The van der Waals surface area contributed by atoms with Crippen molar-refractivity contribution in [2.24, 2.45) is 0 Å². The molecule has 18 heavy (non-hydrogen) atoms. The van der Waals surface area contributed by atoms with Crippen LogP contribution in [-0.4, -0.2) is 24.1 Å². The van der Waals surface area contributed by atoms with Crippen LogP contribution in [0.15, 0.2) is 36.5 Å². The van der Waals surface area contributed by atoms with Crippen molar-refractivity contribution < 1.29 is 0 Å². The van der Waals surface area contributed by atoms with Crippen LogP contribution in [0.3, 0.4) is 0 Å². The van der Waals surface area contributed by atoms with Gasteiger partial charge in [-0.1, -0.05) is 32.0 Å². The number of rotatable bonds is 6. The lowest BCUT2D eigenvalue weighted by molar-refractivity contribution is 0.556. The van der Waals surface area contributed by atoms with Crippen LogP contribution in [0.4, 0.5) is 0 Å². The predicted octanol–water partition coefficient (Wildman–Crippen LogP) is 2.32. The summed E-state index contributed by atoms with van der Waals surface area (Å²) in [7, 11) is 0. The standard InChI is InChI=1S/C15H21N3/c1-12(2)17-10-9-16-11-13-7-8-18-15-6-4-3-5-14(13)15/h3-8,12,16-17H,9-11H2,1-2H3. The summed E-state index contributed by atoms with van der Waals surface area (Å²) in [6.45, 7) is 7.20. The van der Waals surface area contributed by atoms with E-state index >= 15 is 0 Å². The molecule has 96 valence electrons. The molecule has 0 saturated heterocycles. The van der Waals surface area contributed by atoms with Gasteiger partial charge in [0.2, 0.25) is 0 Å². The Balaban J connectivity index is 1.91. The van der Waals surface area contributed by atoms with E-state index in [1.165, 1.54) is 10.9 Å². The average Bonchev–Trinajstić information content (AvgIpc) is 2.38. The quantitative estimate of drug-likeness (QED) is 0.765. The molecule has 0 amide bonds. The topological polar surface area (TPSA) is 37.0 Å². The van der Waals surface area contributed by atoms with Crippen LogP contribution in [0.2, 0.25) is 0 Å². The van der Waals surface area contributed by atoms with Gasteiger partial charge in [0.05, 0.1) is 5.52 Å². The number of pyridine rings is 1. The van der Waals surface area contributed by atoms with Crippen LogP contribution < -0.4 is 10.6 Å². The maximum absolute atomic E-state index is 4.37. The lowest BCUT2D eigenvalue weighted by atomic mass is 10.1. The molecule has 0 aliphatic heterocycles. The molecule has 0 saturated carbocycles. The van der Waals surface area contributed by atoms with Crippen LogP contribution in [0.5, 0.6) is 0 Å². The number of para-hydroxylation sites is 1. The van der Waals surface area contributed by atoms with Crippen molar-refractivity contribution in [2.45, 2.75) is 26.4 Å². The number of fused-ring (bicyclic) bond motifs is 1. The largest absolute Gasteiger partial charge is 0.313 e. The van der Waals surface area contributed by atoms with Gasteiger partial charge in [-0.2, -0.15) is 0 Å². The Bertz CT molecular complexity index is 489. The molecule has 0 bridgehead atoms. The van der Waals surface area contributed by atoms with Crippen molar-refractivity contribution in [1.82, 2.24) is 15.6 Å². The molecule has 1 aromatic heterocycles. The first-order valence-electron chi connectivity index (χ1n) is 6.54. The summed E-state index contributed by atoms with van der Waals surface area (Å²) in [6, 6.07) is 10.9. The molecule has 2 N–H and O–H groups in total. The van der Waals surface area contributed by atoms with Gasteiger partial charge < -0.3 is 10.6 Å². The predicted molar refractivity (Wildman–Crippen MR) is 76.6 cm³/mol. The highest BCUT2D eigenvalue weighted by Gasteiger charge is 2.00. The minimum atomic E-state index is 0.550. The Hall–Kier alpha value is -1.45. The van der Waals surface area contributed by atoms with E-state index in [1.54, 1.807) is 0 Å². The Kier molecular flexibility index (Phi) is 4.67. The fraction of sp³-hybridized carbons (Fsp3) is 0.400. The number of nitrogens with one attached hydrogen (secondary N) is 2. The van der Waals surface area contributed by atoms with Crippen LogP contribution >= 0.6 is 0 Å². The van der Waals surface area contributed by atoms with Gasteiger partial charge >= 0.3 is 0 Å². The van der Waals surface area contributed by atoms with E-state index in [9.17, 15) is 0 Å². The summed E-state index contributed by atoms with van der Waals surface area (Å²) in [4.78, 5) is 4.37. The number of hydrogen-bond acceptors (Lipinski definition) is 3. The Morgan fingerprint density at radius 3 is 2.78 bits per heavy atom. The molecule has 0 fully saturated rings. The van der Waals surface area contributed by atoms with E-state index in [2.05, 4.69) is 53.7 Å². The van der Waals surface area contributed by atoms with E-state index < -0.39 is 0 Å². The Labute approximate surface area is 109 Å². The highest BCUT2D eigenvalue weighted by Crippen LogP contribution is 2.15. The molecule has 3 nitrogen and oxygen atoms in total. The van der Waals surface area contributed by atoms with Crippen molar-refractivity contribution in [1.29, 1.82) is 0 Å². The maximum atomic E-state index is 4.37. The third-order valence-corrected chi connectivity index (χ3v) is 2.91. The zero-order chi connectivity index (χ0) is 12.8. The summed E-state index contributed by atoms with van der Waals surface area (Å²) < 4.78 is 0. The molecule has 0 aliphatic carbocycles. The van der Waals surface area contributed by atoms with Gasteiger partial charge in [0.1, 0.15) is 0 Å². The van der Waals surface area contributed by atoms with Crippen molar-refractivity contribution in [3.05, 3.63) is 42.1 Å². The van der Waals surface area contributed by atoms with Crippen molar-refractivity contribution in [3.63, 3.8) is 0 Å². The van der Waals surface area contributed by atoms with E-state index in [0.29, 0.717) is 6.04 Å². The summed E-state index contributed by atoms with van der Waals surface area (Å²) in [6.07, 6.45) is 1.88. The molecule has 0 unspecified atom stereocenters. The van der Waals surface area contributed by atoms with Crippen molar-refractivity contribution in [3.8, 4) is 0 Å². The van der Waals surface area contributed by atoms with Crippen molar-refractivity contribution in [2.75, 3.05) is 13.1 Å². The summed E-state index contributed by atoms with van der Waals surface area (Å²) >= 11 is 0. The molecule has 1 aromatic carbocycles. The molecule has 2 aromatic rings. The minimum Gasteiger partial charge on any atom is -0.313 e. The number of hydrogen-bond donors (Lipinski definition) is 2. The van der Waals surface area contributed by atoms with E-state index in [4.69, 9.17) is 0 Å². The fourth-order valence-electron chi connectivity index (χ4n) is 1.98. The number of benzene rings is 1. The molecule has 0 atom stereocenters. The van der Waals surface area contributed by atoms with Crippen molar-refractivity contribution >= 4 is 10.9 Å². The molecular formula is C15H21N3. The van der Waals surface area contributed by atoms with Crippen LogP contribution in [0, 0.1) is 0 Å². The van der Waals surface area contributed by atoms with Gasteiger partial charge in [-0.25, -0.2) is 0 Å². The SMILES string of the molecule is CC(C)NCCNCc1ccnc2ccccc12. The van der Waals surface area contributed by atoms with Gasteiger partial charge in [-0.3, -0.25) is 4.98 Å². The lowest BCUT2D eigenvalue weighted by Crippen LogP contribution is -2.31. The third kappa shape index (κ3) is 3.52. The lowest BCUT2D eigenvalue weighted by Gasteiger charge is -2.10. The fourth-order valence-corrected chi connectivity index (χ4v) is 1.98. The van der Waals surface area contributed by atoms with Crippen LogP contribution in [-0.2, 0) is 6.54 Å². The maximum Gasteiger partial charge on any atom is 0.0705 e. The second kappa shape index (κ2) is 6.47. The zero-order valence-electron chi connectivity index (χ0n) is 11.1. The Morgan fingerprint density at radius 2 is 1.94 bits per heavy atom. The zero-order valence-corrected chi connectivity index (χ0v) is 11.1. The summed E-state index contributed by atoms with van der Waals surface area (Å²) in [5.41, 5.74) is 2.38. The first kappa shape index (κ1) is 13.0. The monoisotopic (exact) mass is 243 g/mol. The van der Waals surface area contributed by atoms with E-state index in [0.717, 1.165) is 25.2 Å². The summed E-state index contributed by atoms with van der Waals surface area (Å²) in [5, 5.41) is 8.09. The molecule has 0 aliphatic rings. The van der Waals surface area contributed by atoms with E-state index in [-0.39, 0.29) is 0 Å². The molecule has 0 spiro atoms. The van der Waals surface area contributed by atoms with Gasteiger partial charge in [0, 0.05) is 37.3 Å².